The first-order valence-electron chi connectivity index (χ1n) is 10.9. The molecule has 0 aliphatic carbocycles. The van der Waals surface area contributed by atoms with Crippen molar-refractivity contribution in [3.05, 3.63) is 52.0 Å². The molecule has 2 aliphatic rings. The maximum Gasteiger partial charge on any atom is 0.253 e. The normalized spacial score (nSPS) is 18.4. The zero-order valence-corrected chi connectivity index (χ0v) is 19.8. The van der Waals surface area contributed by atoms with E-state index in [1.807, 2.05) is 0 Å². The number of likely N-dealkylation sites (tertiary alicyclic amines) is 1. The van der Waals surface area contributed by atoms with Crippen LogP contribution in [-0.4, -0.2) is 49.4 Å². The van der Waals surface area contributed by atoms with Crippen LogP contribution < -0.4 is 15.0 Å². The molecule has 3 amide bonds. The van der Waals surface area contributed by atoms with Crippen molar-refractivity contribution in [2.24, 2.45) is 5.92 Å². The van der Waals surface area contributed by atoms with Crippen molar-refractivity contribution in [1.29, 1.82) is 0 Å². The Bertz CT molecular complexity index is 1090. The fourth-order valence-corrected chi connectivity index (χ4v) is 4.61. The van der Waals surface area contributed by atoms with E-state index in [1.165, 1.54) is 0 Å². The van der Waals surface area contributed by atoms with Gasteiger partial charge in [-0.1, -0.05) is 23.2 Å². The Morgan fingerprint density at radius 1 is 1.06 bits per heavy atom. The minimum atomic E-state index is -0.337. The molecule has 2 aromatic rings. The first kappa shape index (κ1) is 23.4. The molecule has 0 aromatic heterocycles. The summed E-state index contributed by atoms with van der Waals surface area (Å²) in [6.07, 6.45) is 2.76. The number of methoxy groups -OCH3 is 1. The second-order valence-electron chi connectivity index (χ2n) is 8.24. The summed E-state index contributed by atoms with van der Waals surface area (Å²) in [6, 6.07) is 10.1. The van der Waals surface area contributed by atoms with Gasteiger partial charge >= 0.3 is 0 Å². The molecule has 0 spiro atoms. The van der Waals surface area contributed by atoms with Gasteiger partial charge in [-0.3, -0.25) is 14.4 Å². The summed E-state index contributed by atoms with van der Waals surface area (Å²) in [5, 5.41) is 3.64. The number of halogens is 2. The van der Waals surface area contributed by atoms with Gasteiger partial charge < -0.3 is 19.9 Å². The summed E-state index contributed by atoms with van der Waals surface area (Å²) in [5.41, 5.74) is 1.73. The number of nitrogens with one attached hydrogen (secondary N) is 1. The maximum absolute atomic E-state index is 13.0. The number of hydrogen-bond acceptors (Lipinski definition) is 4. The maximum atomic E-state index is 13.0. The molecule has 1 atom stereocenters. The van der Waals surface area contributed by atoms with Crippen LogP contribution in [0.3, 0.4) is 0 Å². The molecule has 2 aliphatic heterocycles. The molecule has 1 N–H and O–H groups in total. The van der Waals surface area contributed by atoms with Crippen molar-refractivity contribution < 1.29 is 19.1 Å². The summed E-state index contributed by atoms with van der Waals surface area (Å²) in [4.78, 5) is 41.4. The monoisotopic (exact) mass is 489 g/mol. The van der Waals surface area contributed by atoms with E-state index in [2.05, 4.69) is 5.32 Å². The fraction of sp³-hybridized carbons (Fsp3) is 0.375. The van der Waals surface area contributed by atoms with Gasteiger partial charge in [0.1, 0.15) is 5.75 Å². The zero-order chi connectivity index (χ0) is 23.5. The predicted molar refractivity (Wildman–Crippen MR) is 128 cm³/mol. The molecule has 0 saturated carbocycles. The first-order valence-corrected chi connectivity index (χ1v) is 11.7. The van der Waals surface area contributed by atoms with Crippen LogP contribution in [0.15, 0.2) is 36.4 Å². The van der Waals surface area contributed by atoms with Gasteiger partial charge in [-0.05, 0) is 49.6 Å². The molecule has 2 saturated heterocycles. The van der Waals surface area contributed by atoms with E-state index in [4.69, 9.17) is 27.9 Å². The summed E-state index contributed by atoms with van der Waals surface area (Å²) >= 11 is 12.0. The highest BCUT2D eigenvalue weighted by Crippen LogP contribution is 2.34. The summed E-state index contributed by atoms with van der Waals surface area (Å²) in [6.45, 7) is 1.56. The van der Waals surface area contributed by atoms with E-state index in [1.54, 1.807) is 53.3 Å². The minimum Gasteiger partial charge on any atom is -0.494 e. The van der Waals surface area contributed by atoms with Crippen molar-refractivity contribution in [3.63, 3.8) is 0 Å². The molecule has 0 bridgehead atoms. The number of nitrogens with zero attached hydrogens (tertiary/aromatic N) is 2. The van der Waals surface area contributed by atoms with Crippen molar-refractivity contribution in [2.75, 3.05) is 37.0 Å². The number of amides is 3. The van der Waals surface area contributed by atoms with Gasteiger partial charge in [0, 0.05) is 43.4 Å². The molecule has 7 nitrogen and oxygen atoms in total. The van der Waals surface area contributed by atoms with Crippen LogP contribution in [0, 0.1) is 5.92 Å². The highest BCUT2D eigenvalue weighted by molar-refractivity contribution is 6.42. The van der Waals surface area contributed by atoms with Gasteiger partial charge in [0.2, 0.25) is 11.8 Å². The number of benzene rings is 2. The largest absolute Gasteiger partial charge is 0.494 e. The molecular formula is C24H25Cl2N3O4. The Kier molecular flexibility index (Phi) is 7.10. The SMILES string of the molecule is COc1cc(NC(=O)C2CCCN(C(=O)c3ccc(Cl)c(Cl)c3)C2)ccc1N1CCCC1=O. The highest BCUT2D eigenvalue weighted by atomic mass is 35.5. The first-order chi connectivity index (χ1) is 15.9. The smallest absolute Gasteiger partial charge is 0.253 e. The van der Waals surface area contributed by atoms with Crippen molar-refractivity contribution in [1.82, 2.24) is 4.90 Å². The quantitative estimate of drug-likeness (QED) is 0.664. The second kappa shape index (κ2) is 10.0. The van der Waals surface area contributed by atoms with Crippen LogP contribution in [0.2, 0.25) is 10.0 Å². The minimum absolute atomic E-state index is 0.0685. The van der Waals surface area contributed by atoms with Crippen LogP contribution in [0.25, 0.3) is 0 Å². The molecule has 9 heteroatoms. The van der Waals surface area contributed by atoms with E-state index in [0.29, 0.717) is 65.2 Å². The molecule has 174 valence electrons. The van der Waals surface area contributed by atoms with E-state index in [0.717, 1.165) is 12.8 Å². The Balaban J connectivity index is 1.43. The molecule has 0 radical (unpaired) electrons. The lowest BCUT2D eigenvalue weighted by atomic mass is 9.96. The van der Waals surface area contributed by atoms with E-state index in [9.17, 15) is 14.4 Å². The summed E-state index contributed by atoms with van der Waals surface area (Å²) < 4.78 is 5.47. The number of piperidine rings is 1. The summed E-state index contributed by atoms with van der Waals surface area (Å²) in [5.74, 6) is -0.0699. The van der Waals surface area contributed by atoms with Gasteiger partial charge in [-0.15, -0.1) is 0 Å². The van der Waals surface area contributed by atoms with Crippen LogP contribution >= 0.6 is 23.2 Å². The number of hydrogen-bond donors (Lipinski definition) is 1. The van der Waals surface area contributed by atoms with Gasteiger partial charge in [0.15, 0.2) is 0 Å². The van der Waals surface area contributed by atoms with E-state index >= 15 is 0 Å². The Hall–Kier alpha value is -2.77. The average molecular weight is 490 g/mol. The number of anilines is 2. The summed E-state index contributed by atoms with van der Waals surface area (Å²) in [7, 11) is 1.54. The Morgan fingerprint density at radius 3 is 2.58 bits per heavy atom. The number of ether oxygens (including phenoxy) is 1. The lowest BCUT2D eigenvalue weighted by Crippen LogP contribution is -2.43. The van der Waals surface area contributed by atoms with E-state index < -0.39 is 0 Å². The van der Waals surface area contributed by atoms with Crippen molar-refractivity contribution >= 4 is 52.3 Å². The second-order valence-corrected chi connectivity index (χ2v) is 9.06. The molecule has 33 heavy (non-hydrogen) atoms. The average Bonchev–Trinajstić information content (AvgIpc) is 3.25. The third-order valence-electron chi connectivity index (χ3n) is 6.06. The topological polar surface area (TPSA) is 79.0 Å². The van der Waals surface area contributed by atoms with Crippen LogP contribution in [0.4, 0.5) is 11.4 Å². The van der Waals surface area contributed by atoms with Crippen molar-refractivity contribution in [3.8, 4) is 5.75 Å². The third-order valence-corrected chi connectivity index (χ3v) is 6.80. The highest BCUT2D eigenvalue weighted by Gasteiger charge is 2.30. The standard InChI is InChI=1S/C24H25Cl2N3O4/c1-33-21-13-17(7-9-20(21)29-11-3-5-22(29)30)27-23(31)16-4-2-10-28(14-16)24(32)15-6-8-18(25)19(26)12-15/h6-9,12-13,16H,2-5,10-11,14H2,1H3,(H,27,31). The molecule has 2 fully saturated rings. The molecule has 1 unspecified atom stereocenters. The van der Waals surface area contributed by atoms with E-state index in [-0.39, 0.29) is 23.6 Å². The van der Waals surface area contributed by atoms with Gasteiger partial charge in [-0.2, -0.15) is 0 Å². The lowest BCUT2D eigenvalue weighted by Gasteiger charge is -2.32. The molecule has 2 aromatic carbocycles. The number of carbonyl (C=O) groups excluding carboxylic acids is 3. The molecular weight excluding hydrogens is 465 g/mol. The number of rotatable bonds is 5. The zero-order valence-electron chi connectivity index (χ0n) is 18.3. The fourth-order valence-electron chi connectivity index (χ4n) is 4.31. The van der Waals surface area contributed by atoms with Gasteiger partial charge in [-0.25, -0.2) is 0 Å². The Labute approximate surface area is 202 Å². The number of carbonyl (C=O) groups is 3. The van der Waals surface area contributed by atoms with Crippen LogP contribution in [0.1, 0.15) is 36.0 Å². The third kappa shape index (κ3) is 5.09. The van der Waals surface area contributed by atoms with Gasteiger partial charge in [0.05, 0.1) is 28.8 Å². The van der Waals surface area contributed by atoms with Crippen LogP contribution in [0.5, 0.6) is 5.75 Å². The van der Waals surface area contributed by atoms with Gasteiger partial charge in [0.25, 0.3) is 5.91 Å². The van der Waals surface area contributed by atoms with Crippen LogP contribution in [-0.2, 0) is 9.59 Å². The molecule has 2 heterocycles. The van der Waals surface area contributed by atoms with Crippen molar-refractivity contribution in [2.45, 2.75) is 25.7 Å². The Morgan fingerprint density at radius 2 is 1.88 bits per heavy atom. The molecule has 4 rings (SSSR count). The predicted octanol–water partition coefficient (Wildman–Crippen LogP) is 4.62. The lowest BCUT2D eigenvalue weighted by molar-refractivity contribution is -0.121.